The molecule has 1 N–H and O–H groups in total. The Balaban J connectivity index is 1.86. The molecule has 4 nitrogen and oxygen atoms in total. The van der Waals surface area contributed by atoms with Crippen molar-refractivity contribution < 1.29 is 9.59 Å². The minimum atomic E-state index is -0.00717. The van der Waals surface area contributed by atoms with Crippen LogP contribution in [0.1, 0.15) is 16.8 Å². The lowest BCUT2D eigenvalue weighted by atomic mass is 10.1. The standard InChI is InChI=1S/C16H16N2O2/c19-15-7-9-18(10-8-17-15)16(20)14-6-5-12-3-1-2-4-13(12)11-14/h1-6,11H,7-10H2,(H,17,19). The van der Waals surface area contributed by atoms with Gasteiger partial charge in [-0.2, -0.15) is 0 Å². The SMILES string of the molecule is O=C1CCN(C(=O)c2ccc3ccccc3c2)CCN1. The van der Waals surface area contributed by atoms with Crippen LogP contribution in [0.15, 0.2) is 42.5 Å². The van der Waals surface area contributed by atoms with E-state index in [4.69, 9.17) is 0 Å². The molecule has 0 aromatic heterocycles. The minimum absolute atomic E-state index is 0.00717. The fourth-order valence-electron chi connectivity index (χ4n) is 2.47. The van der Waals surface area contributed by atoms with Gasteiger partial charge in [0.1, 0.15) is 0 Å². The fraction of sp³-hybridized carbons (Fsp3) is 0.250. The van der Waals surface area contributed by atoms with Crippen molar-refractivity contribution in [1.29, 1.82) is 0 Å². The Morgan fingerprint density at radius 3 is 2.70 bits per heavy atom. The molecule has 4 heteroatoms. The van der Waals surface area contributed by atoms with E-state index >= 15 is 0 Å². The summed E-state index contributed by atoms with van der Waals surface area (Å²) in [6.45, 7) is 1.58. The molecule has 1 saturated heterocycles. The zero-order valence-corrected chi connectivity index (χ0v) is 11.1. The van der Waals surface area contributed by atoms with Crippen LogP contribution in [0.5, 0.6) is 0 Å². The van der Waals surface area contributed by atoms with E-state index < -0.39 is 0 Å². The van der Waals surface area contributed by atoms with Crippen molar-refractivity contribution in [2.45, 2.75) is 6.42 Å². The number of benzene rings is 2. The zero-order chi connectivity index (χ0) is 13.9. The number of carbonyl (C=O) groups is 2. The summed E-state index contributed by atoms with van der Waals surface area (Å²) in [7, 11) is 0. The lowest BCUT2D eigenvalue weighted by Crippen LogP contribution is -2.34. The highest BCUT2D eigenvalue weighted by atomic mass is 16.2. The molecule has 0 radical (unpaired) electrons. The number of fused-ring (bicyclic) bond motifs is 1. The predicted molar refractivity (Wildman–Crippen MR) is 77.5 cm³/mol. The van der Waals surface area contributed by atoms with E-state index in [0.717, 1.165) is 10.8 Å². The number of hydrogen-bond acceptors (Lipinski definition) is 2. The highest BCUT2D eigenvalue weighted by Gasteiger charge is 2.19. The topological polar surface area (TPSA) is 49.4 Å². The molecule has 102 valence electrons. The maximum absolute atomic E-state index is 12.5. The molecular weight excluding hydrogens is 252 g/mol. The Morgan fingerprint density at radius 2 is 1.85 bits per heavy atom. The smallest absolute Gasteiger partial charge is 0.253 e. The van der Waals surface area contributed by atoms with Gasteiger partial charge >= 0.3 is 0 Å². The maximum atomic E-state index is 12.5. The molecule has 2 amide bonds. The molecule has 1 fully saturated rings. The lowest BCUT2D eigenvalue weighted by molar-refractivity contribution is -0.120. The minimum Gasteiger partial charge on any atom is -0.354 e. The van der Waals surface area contributed by atoms with E-state index in [1.54, 1.807) is 4.90 Å². The van der Waals surface area contributed by atoms with Crippen LogP contribution in [-0.4, -0.2) is 36.3 Å². The van der Waals surface area contributed by atoms with Crippen LogP contribution in [0, 0.1) is 0 Å². The first-order chi connectivity index (χ1) is 9.74. The molecule has 0 aliphatic carbocycles. The van der Waals surface area contributed by atoms with E-state index in [9.17, 15) is 9.59 Å². The van der Waals surface area contributed by atoms with Gasteiger partial charge in [0.25, 0.3) is 5.91 Å². The van der Waals surface area contributed by atoms with E-state index in [0.29, 0.717) is 31.6 Å². The summed E-state index contributed by atoms with van der Waals surface area (Å²) in [4.78, 5) is 25.5. The van der Waals surface area contributed by atoms with Crippen molar-refractivity contribution in [2.24, 2.45) is 0 Å². The molecule has 1 aliphatic rings. The summed E-state index contributed by atoms with van der Waals surface area (Å²) in [5.74, 6) is 0.00562. The molecule has 2 aromatic rings. The third kappa shape index (κ3) is 2.50. The third-order valence-corrected chi connectivity index (χ3v) is 3.60. The number of nitrogens with one attached hydrogen (secondary N) is 1. The van der Waals surface area contributed by atoms with Crippen LogP contribution in [0.25, 0.3) is 10.8 Å². The normalized spacial score (nSPS) is 15.8. The lowest BCUT2D eigenvalue weighted by Gasteiger charge is -2.19. The van der Waals surface area contributed by atoms with Crippen molar-refractivity contribution in [1.82, 2.24) is 10.2 Å². The van der Waals surface area contributed by atoms with Crippen molar-refractivity contribution in [3.8, 4) is 0 Å². The largest absolute Gasteiger partial charge is 0.354 e. The van der Waals surface area contributed by atoms with E-state index in [2.05, 4.69) is 5.32 Å². The van der Waals surface area contributed by atoms with Crippen LogP contribution in [0.2, 0.25) is 0 Å². The average Bonchev–Trinajstić information content (AvgIpc) is 2.71. The molecule has 3 rings (SSSR count). The van der Waals surface area contributed by atoms with E-state index in [1.807, 2.05) is 42.5 Å². The second-order valence-electron chi connectivity index (χ2n) is 4.95. The van der Waals surface area contributed by atoms with Crippen LogP contribution in [-0.2, 0) is 4.79 Å². The summed E-state index contributed by atoms with van der Waals surface area (Å²) >= 11 is 0. The van der Waals surface area contributed by atoms with Crippen LogP contribution in [0.4, 0.5) is 0 Å². The second kappa shape index (κ2) is 5.33. The molecule has 0 atom stereocenters. The summed E-state index contributed by atoms with van der Waals surface area (Å²) in [5.41, 5.74) is 0.679. The summed E-state index contributed by atoms with van der Waals surface area (Å²) in [6, 6.07) is 13.7. The van der Waals surface area contributed by atoms with Crippen molar-refractivity contribution >= 4 is 22.6 Å². The number of carbonyl (C=O) groups excluding carboxylic acids is 2. The van der Waals surface area contributed by atoms with Gasteiger partial charge in [-0.3, -0.25) is 9.59 Å². The number of hydrogen-bond donors (Lipinski definition) is 1. The Bertz CT molecular complexity index is 666. The number of rotatable bonds is 1. The molecule has 1 heterocycles. The molecule has 20 heavy (non-hydrogen) atoms. The average molecular weight is 268 g/mol. The summed E-state index contributed by atoms with van der Waals surface area (Å²) in [5, 5.41) is 4.96. The Morgan fingerprint density at radius 1 is 1.05 bits per heavy atom. The van der Waals surface area contributed by atoms with Crippen LogP contribution < -0.4 is 5.32 Å². The van der Waals surface area contributed by atoms with Gasteiger partial charge in [-0.25, -0.2) is 0 Å². The highest BCUT2D eigenvalue weighted by Crippen LogP contribution is 2.17. The third-order valence-electron chi connectivity index (χ3n) is 3.60. The Kier molecular flexibility index (Phi) is 3.37. The first kappa shape index (κ1) is 12.7. The predicted octanol–water partition coefficient (Wildman–Crippen LogP) is 1.80. The first-order valence-corrected chi connectivity index (χ1v) is 6.79. The summed E-state index contributed by atoms with van der Waals surface area (Å²) in [6.07, 6.45) is 0.374. The van der Waals surface area contributed by atoms with Gasteiger partial charge in [-0.15, -0.1) is 0 Å². The van der Waals surface area contributed by atoms with Gasteiger partial charge in [-0.1, -0.05) is 30.3 Å². The molecule has 0 spiro atoms. The highest BCUT2D eigenvalue weighted by molar-refractivity contribution is 5.98. The fourth-order valence-corrected chi connectivity index (χ4v) is 2.47. The van der Waals surface area contributed by atoms with Gasteiger partial charge in [0.2, 0.25) is 5.91 Å². The second-order valence-corrected chi connectivity index (χ2v) is 4.95. The zero-order valence-electron chi connectivity index (χ0n) is 11.1. The Hall–Kier alpha value is -2.36. The monoisotopic (exact) mass is 268 g/mol. The van der Waals surface area contributed by atoms with E-state index in [-0.39, 0.29) is 11.8 Å². The number of nitrogens with zero attached hydrogens (tertiary/aromatic N) is 1. The van der Waals surface area contributed by atoms with Crippen molar-refractivity contribution in [3.63, 3.8) is 0 Å². The molecule has 2 aromatic carbocycles. The van der Waals surface area contributed by atoms with Crippen molar-refractivity contribution in [2.75, 3.05) is 19.6 Å². The molecular formula is C16H16N2O2. The van der Waals surface area contributed by atoms with Crippen LogP contribution >= 0.6 is 0 Å². The molecule has 0 saturated carbocycles. The molecule has 0 unspecified atom stereocenters. The summed E-state index contributed by atoms with van der Waals surface area (Å²) < 4.78 is 0. The van der Waals surface area contributed by atoms with Gasteiger partial charge in [0, 0.05) is 31.6 Å². The number of amides is 2. The van der Waals surface area contributed by atoms with Gasteiger partial charge in [0.15, 0.2) is 0 Å². The van der Waals surface area contributed by atoms with Gasteiger partial charge < -0.3 is 10.2 Å². The maximum Gasteiger partial charge on any atom is 0.253 e. The Labute approximate surface area is 117 Å². The first-order valence-electron chi connectivity index (χ1n) is 6.79. The van der Waals surface area contributed by atoms with Crippen molar-refractivity contribution in [3.05, 3.63) is 48.0 Å². The van der Waals surface area contributed by atoms with Gasteiger partial charge in [-0.05, 0) is 22.9 Å². The van der Waals surface area contributed by atoms with Gasteiger partial charge in [0.05, 0.1) is 0 Å². The molecule has 1 aliphatic heterocycles. The molecule has 0 bridgehead atoms. The van der Waals surface area contributed by atoms with E-state index in [1.165, 1.54) is 0 Å². The van der Waals surface area contributed by atoms with Crippen LogP contribution in [0.3, 0.4) is 0 Å². The quantitative estimate of drug-likeness (QED) is 0.857.